The first-order chi connectivity index (χ1) is 9.83. The summed E-state index contributed by atoms with van der Waals surface area (Å²) in [5.41, 5.74) is 2.11. The number of pyridine rings is 1. The monoisotopic (exact) mass is 265 g/mol. The van der Waals surface area contributed by atoms with Crippen molar-refractivity contribution in [1.29, 1.82) is 0 Å². The molecule has 1 aromatic carbocycles. The van der Waals surface area contributed by atoms with Crippen molar-refractivity contribution >= 4 is 0 Å². The molecule has 2 heterocycles. The van der Waals surface area contributed by atoms with E-state index in [2.05, 4.69) is 22.2 Å². The fourth-order valence-corrected chi connectivity index (χ4v) is 2.15. The number of hydrogen-bond donors (Lipinski definition) is 1. The van der Waals surface area contributed by atoms with Gasteiger partial charge in [0.25, 0.3) is 5.56 Å². The molecule has 0 fully saturated rings. The van der Waals surface area contributed by atoms with Gasteiger partial charge in [-0.05, 0) is 30.5 Å². The predicted molar refractivity (Wildman–Crippen MR) is 78.0 cm³/mol. The number of aromatic nitrogens is 3. The fraction of sp³-hybridized carbons (Fsp3) is 0.125. The van der Waals surface area contributed by atoms with Gasteiger partial charge in [-0.2, -0.15) is 0 Å². The average Bonchev–Trinajstić information content (AvgIpc) is 2.88. The van der Waals surface area contributed by atoms with Gasteiger partial charge in [0.1, 0.15) is 0 Å². The average molecular weight is 265 g/mol. The van der Waals surface area contributed by atoms with Crippen LogP contribution in [0.5, 0.6) is 0 Å². The summed E-state index contributed by atoms with van der Waals surface area (Å²) in [6, 6.07) is 17.4. The molecule has 0 spiro atoms. The summed E-state index contributed by atoms with van der Waals surface area (Å²) in [5.74, 6) is 0.614. The number of aryl methyl sites for hydroxylation is 2. The summed E-state index contributed by atoms with van der Waals surface area (Å²) in [4.78, 5) is 16.1. The second-order valence-corrected chi connectivity index (χ2v) is 4.63. The minimum Gasteiger partial charge on any atom is -0.294 e. The number of benzene rings is 1. The Balaban J connectivity index is 1.78. The van der Waals surface area contributed by atoms with Crippen LogP contribution in [0.1, 0.15) is 11.3 Å². The van der Waals surface area contributed by atoms with Crippen LogP contribution in [0, 0.1) is 0 Å². The minimum atomic E-state index is -0.0771. The summed E-state index contributed by atoms with van der Waals surface area (Å²) < 4.78 is 1.47. The zero-order valence-electron chi connectivity index (χ0n) is 11.0. The molecule has 0 aliphatic heterocycles. The number of H-pyrrole nitrogens is 1. The molecular formula is C16H15N3O. The summed E-state index contributed by atoms with van der Waals surface area (Å²) in [6.45, 7) is 0. The first-order valence-electron chi connectivity index (χ1n) is 6.59. The largest absolute Gasteiger partial charge is 0.294 e. The van der Waals surface area contributed by atoms with Crippen molar-refractivity contribution < 1.29 is 0 Å². The highest BCUT2D eigenvalue weighted by atomic mass is 16.1. The molecule has 1 N–H and O–H groups in total. The van der Waals surface area contributed by atoms with Crippen molar-refractivity contribution in [2.75, 3.05) is 0 Å². The molecule has 0 amide bonds. The van der Waals surface area contributed by atoms with Gasteiger partial charge in [-0.1, -0.05) is 36.4 Å². The van der Waals surface area contributed by atoms with E-state index in [0.717, 1.165) is 18.5 Å². The fourth-order valence-electron chi connectivity index (χ4n) is 2.15. The Morgan fingerprint density at radius 2 is 1.80 bits per heavy atom. The Kier molecular flexibility index (Phi) is 3.46. The normalized spacial score (nSPS) is 10.6. The van der Waals surface area contributed by atoms with Gasteiger partial charge in [-0.15, -0.1) is 0 Å². The van der Waals surface area contributed by atoms with Crippen LogP contribution in [0.25, 0.3) is 5.82 Å². The second-order valence-electron chi connectivity index (χ2n) is 4.63. The molecule has 100 valence electrons. The lowest BCUT2D eigenvalue weighted by atomic mass is 10.1. The second kappa shape index (κ2) is 5.57. The molecule has 0 aliphatic carbocycles. The Hall–Kier alpha value is -2.62. The third-order valence-corrected chi connectivity index (χ3v) is 3.18. The molecule has 20 heavy (non-hydrogen) atoms. The highest BCUT2D eigenvalue weighted by Gasteiger charge is 2.05. The van der Waals surface area contributed by atoms with E-state index in [1.165, 1.54) is 10.2 Å². The smallest absolute Gasteiger partial charge is 0.272 e. The topological polar surface area (TPSA) is 50.7 Å². The van der Waals surface area contributed by atoms with E-state index in [0.29, 0.717) is 5.82 Å². The third-order valence-electron chi connectivity index (χ3n) is 3.18. The number of nitrogens with zero attached hydrogens (tertiary/aromatic N) is 2. The van der Waals surface area contributed by atoms with Crippen molar-refractivity contribution in [3.63, 3.8) is 0 Å². The van der Waals surface area contributed by atoms with Gasteiger partial charge in [0, 0.05) is 18.0 Å². The van der Waals surface area contributed by atoms with E-state index in [1.54, 1.807) is 18.3 Å². The highest BCUT2D eigenvalue weighted by molar-refractivity contribution is 5.22. The van der Waals surface area contributed by atoms with Crippen LogP contribution in [0.4, 0.5) is 0 Å². The lowest BCUT2D eigenvalue weighted by molar-refractivity contribution is 0.781. The standard InChI is InChI=1S/C16H15N3O/c20-16-12-14(10-9-13-6-2-1-3-7-13)18-19(16)15-8-4-5-11-17-15/h1-8,11-12,18H,9-10H2. The third kappa shape index (κ3) is 2.69. The molecular weight excluding hydrogens is 250 g/mol. The first kappa shape index (κ1) is 12.4. The maximum absolute atomic E-state index is 11.9. The number of hydrogen-bond acceptors (Lipinski definition) is 2. The predicted octanol–water partition coefficient (Wildman–Crippen LogP) is 2.35. The van der Waals surface area contributed by atoms with E-state index in [-0.39, 0.29) is 5.56 Å². The van der Waals surface area contributed by atoms with Gasteiger partial charge in [-0.3, -0.25) is 9.89 Å². The van der Waals surface area contributed by atoms with Gasteiger partial charge in [0.15, 0.2) is 5.82 Å². The minimum absolute atomic E-state index is 0.0771. The van der Waals surface area contributed by atoms with Crippen LogP contribution in [0.15, 0.2) is 65.6 Å². The highest BCUT2D eigenvalue weighted by Crippen LogP contribution is 2.05. The molecule has 0 atom stereocenters. The zero-order valence-corrected chi connectivity index (χ0v) is 11.0. The molecule has 0 radical (unpaired) electrons. The van der Waals surface area contributed by atoms with Crippen LogP contribution < -0.4 is 5.56 Å². The van der Waals surface area contributed by atoms with E-state index in [4.69, 9.17) is 0 Å². The van der Waals surface area contributed by atoms with Crippen LogP contribution >= 0.6 is 0 Å². The zero-order chi connectivity index (χ0) is 13.8. The molecule has 0 saturated heterocycles. The van der Waals surface area contributed by atoms with Crippen LogP contribution in [0.3, 0.4) is 0 Å². The van der Waals surface area contributed by atoms with Crippen LogP contribution in [0.2, 0.25) is 0 Å². The van der Waals surface area contributed by atoms with Crippen molar-refractivity contribution in [2.24, 2.45) is 0 Å². The number of aromatic amines is 1. The van der Waals surface area contributed by atoms with Crippen molar-refractivity contribution in [3.8, 4) is 5.82 Å². The van der Waals surface area contributed by atoms with Gasteiger partial charge < -0.3 is 0 Å². The molecule has 3 rings (SSSR count). The Bertz CT molecular complexity index is 729. The number of rotatable bonds is 4. The molecule has 0 aliphatic rings. The molecule has 3 aromatic rings. The van der Waals surface area contributed by atoms with Gasteiger partial charge >= 0.3 is 0 Å². The first-order valence-corrected chi connectivity index (χ1v) is 6.59. The van der Waals surface area contributed by atoms with Crippen LogP contribution in [-0.4, -0.2) is 14.8 Å². The van der Waals surface area contributed by atoms with E-state index < -0.39 is 0 Å². The molecule has 2 aromatic heterocycles. The Labute approximate surface area is 116 Å². The molecule has 4 nitrogen and oxygen atoms in total. The van der Waals surface area contributed by atoms with Crippen LogP contribution in [-0.2, 0) is 12.8 Å². The maximum atomic E-state index is 11.9. The van der Waals surface area contributed by atoms with E-state index in [9.17, 15) is 4.79 Å². The lowest BCUT2D eigenvalue weighted by Crippen LogP contribution is -2.14. The SMILES string of the molecule is O=c1cc(CCc2ccccc2)[nH]n1-c1ccccn1. The van der Waals surface area contributed by atoms with Crippen molar-refractivity contribution in [2.45, 2.75) is 12.8 Å². The van der Waals surface area contributed by atoms with Gasteiger partial charge in [0.05, 0.1) is 0 Å². The molecule has 0 unspecified atom stereocenters. The molecule has 0 bridgehead atoms. The summed E-state index contributed by atoms with van der Waals surface area (Å²) in [5, 5.41) is 3.11. The molecule has 4 heteroatoms. The van der Waals surface area contributed by atoms with E-state index in [1.807, 2.05) is 30.3 Å². The van der Waals surface area contributed by atoms with Crippen molar-refractivity contribution in [3.05, 3.63) is 82.4 Å². The Morgan fingerprint density at radius 3 is 2.55 bits per heavy atom. The Morgan fingerprint density at radius 1 is 1.00 bits per heavy atom. The van der Waals surface area contributed by atoms with E-state index >= 15 is 0 Å². The molecule has 0 saturated carbocycles. The number of nitrogens with one attached hydrogen (secondary N) is 1. The van der Waals surface area contributed by atoms with Gasteiger partial charge in [0.2, 0.25) is 0 Å². The van der Waals surface area contributed by atoms with Gasteiger partial charge in [-0.25, -0.2) is 9.67 Å². The summed E-state index contributed by atoms with van der Waals surface area (Å²) >= 11 is 0. The van der Waals surface area contributed by atoms with Crippen molar-refractivity contribution in [1.82, 2.24) is 14.8 Å². The quantitative estimate of drug-likeness (QED) is 0.787. The maximum Gasteiger partial charge on any atom is 0.272 e. The lowest BCUT2D eigenvalue weighted by Gasteiger charge is -2.01. The summed E-state index contributed by atoms with van der Waals surface area (Å²) in [6.07, 6.45) is 3.38. The summed E-state index contributed by atoms with van der Waals surface area (Å²) in [7, 11) is 0.